The summed E-state index contributed by atoms with van der Waals surface area (Å²) in [5.41, 5.74) is 0. The van der Waals surface area contributed by atoms with Gasteiger partial charge in [-0.1, -0.05) is 38.1 Å². The fourth-order valence-corrected chi connectivity index (χ4v) is 2.19. The van der Waals surface area contributed by atoms with Crippen molar-refractivity contribution in [3.05, 3.63) is 28.6 Å². The van der Waals surface area contributed by atoms with E-state index in [1.165, 1.54) is 10.4 Å². The first-order valence-electron chi connectivity index (χ1n) is 6.93. The number of hydrogen-bond donors (Lipinski definition) is 1. The van der Waals surface area contributed by atoms with Crippen molar-refractivity contribution in [1.29, 1.82) is 0 Å². The molecule has 0 atom stereocenters. The van der Waals surface area contributed by atoms with Gasteiger partial charge in [0.05, 0.1) is 6.61 Å². The molecular formula is C16H23NO. The highest BCUT2D eigenvalue weighted by Crippen LogP contribution is 2.04. The van der Waals surface area contributed by atoms with Crippen molar-refractivity contribution in [3.63, 3.8) is 0 Å². The van der Waals surface area contributed by atoms with Gasteiger partial charge in [-0.25, -0.2) is 0 Å². The van der Waals surface area contributed by atoms with E-state index in [0.717, 1.165) is 38.2 Å². The molecule has 2 rings (SSSR count). The Morgan fingerprint density at radius 1 is 1.22 bits per heavy atom. The third kappa shape index (κ3) is 3.61. The average molecular weight is 245 g/mol. The second-order valence-electron chi connectivity index (χ2n) is 5.06. The standard InChI is InChI=1S/C16H23NO/c1-13(2)17-11-6-12-18-16-10-5-8-14-7-3-4-9-15(14)16/h5,7-10,13,17H,3-4,6,11-12H2,1-2H3. The van der Waals surface area contributed by atoms with E-state index in [1.54, 1.807) is 0 Å². The first kappa shape index (κ1) is 13.2. The van der Waals surface area contributed by atoms with Crippen molar-refractivity contribution in [2.75, 3.05) is 13.2 Å². The maximum Gasteiger partial charge on any atom is 0.126 e. The van der Waals surface area contributed by atoms with Gasteiger partial charge >= 0.3 is 0 Å². The van der Waals surface area contributed by atoms with E-state index in [0.29, 0.717) is 6.04 Å². The Labute approximate surface area is 109 Å². The lowest BCUT2D eigenvalue weighted by molar-refractivity contribution is 0.303. The molecular weight excluding hydrogens is 222 g/mol. The van der Waals surface area contributed by atoms with E-state index in [4.69, 9.17) is 4.74 Å². The third-order valence-electron chi connectivity index (χ3n) is 3.11. The van der Waals surface area contributed by atoms with Crippen LogP contribution in [0.25, 0.3) is 12.2 Å². The number of hydrogen-bond acceptors (Lipinski definition) is 2. The van der Waals surface area contributed by atoms with Crippen LogP contribution in [-0.4, -0.2) is 19.2 Å². The molecule has 0 bridgehead atoms. The van der Waals surface area contributed by atoms with E-state index in [9.17, 15) is 0 Å². The molecule has 0 saturated carbocycles. The Kier molecular flexibility index (Phi) is 4.82. The van der Waals surface area contributed by atoms with Crippen molar-refractivity contribution in [1.82, 2.24) is 5.32 Å². The zero-order valence-electron chi connectivity index (χ0n) is 11.4. The Balaban J connectivity index is 1.91. The molecule has 0 heterocycles. The summed E-state index contributed by atoms with van der Waals surface area (Å²) in [7, 11) is 0. The highest BCUT2D eigenvalue weighted by Gasteiger charge is 2.01. The van der Waals surface area contributed by atoms with Crippen LogP contribution in [0.4, 0.5) is 0 Å². The van der Waals surface area contributed by atoms with Crippen LogP contribution in [0, 0.1) is 0 Å². The number of rotatable bonds is 6. The Morgan fingerprint density at radius 3 is 2.89 bits per heavy atom. The van der Waals surface area contributed by atoms with E-state index in [1.807, 2.05) is 0 Å². The van der Waals surface area contributed by atoms with Gasteiger partial charge in [0.1, 0.15) is 5.75 Å². The zero-order chi connectivity index (χ0) is 12.8. The summed E-state index contributed by atoms with van der Waals surface area (Å²) in [6, 6.07) is 6.87. The minimum atomic E-state index is 0.553. The summed E-state index contributed by atoms with van der Waals surface area (Å²) in [4.78, 5) is 0. The summed E-state index contributed by atoms with van der Waals surface area (Å²) in [6.07, 6.45) is 7.90. The van der Waals surface area contributed by atoms with E-state index in [2.05, 4.69) is 49.5 Å². The van der Waals surface area contributed by atoms with Crippen LogP contribution in [0.5, 0.6) is 5.75 Å². The molecule has 0 radical (unpaired) electrons. The first-order valence-corrected chi connectivity index (χ1v) is 6.93. The molecule has 1 aromatic rings. The molecule has 2 heteroatoms. The van der Waals surface area contributed by atoms with Crippen molar-refractivity contribution in [2.45, 2.75) is 39.2 Å². The fraction of sp³-hybridized carbons (Fsp3) is 0.500. The number of benzene rings is 1. The molecule has 0 saturated heterocycles. The van der Waals surface area contributed by atoms with E-state index in [-0.39, 0.29) is 0 Å². The minimum Gasteiger partial charge on any atom is -0.493 e. The van der Waals surface area contributed by atoms with Gasteiger partial charge in [0.25, 0.3) is 0 Å². The van der Waals surface area contributed by atoms with Crippen LogP contribution >= 0.6 is 0 Å². The van der Waals surface area contributed by atoms with Crippen LogP contribution in [0.15, 0.2) is 18.2 Å². The Bertz CT molecular complexity index is 490. The summed E-state index contributed by atoms with van der Waals surface area (Å²) in [5.74, 6) is 1.04. The largest absolute Gasteiger partial charge is 0.493 e. The fourth-order valence-electron chi connectivity index (χ4n) is 2.19. The molecule has 0 aliphatic heterocycles. The van der Waals surface area contributed by atoms with Gasteiger partial charge in [-0.3, -0.25) is 0 Å². The van der Waals surface area contributed by atoms with Gasteiger partial charge in [-0.2, -0.15) is 0 Å². The number of fused-ring (bicyclic) bond motifs is 1. The first-order chi connectivity index (χ1) is 8.77. The van der Waals surface area contributed by atoms with Gasteiger partial charge in [0.15, 0.2) is 0 Å². The van der Waals surface area contributed by atoms with Crippen molar-refractivity contribution >= 4 is 12.2 Å². The SMILES string of the molecule is CC(C)NCCCOc1cccc2c1=CCCC=2. The lowest BCUT2D eigenvalue weighted by atomic mass is 10.1. The molecule has 2 nitrogen and oxygen atoms in total. The molecule has 1 N–H and O–H groups in total. The molecule has 0 amide bonds. The quantitative estimate of drug-likeness (QED) is 0.772. The Hall–Kier alpha value is -1.28. The molecule has 0 unspecified atom stereocenters. The van der Waals surface area contributed by atoms with E-state index < -0.39 is 0 Å². The van der Waals surface area contributed by atoms with Gasteiger partial charge in [0, 0.05) is 11.3 Å². The second kappa shape index (κ2) is 6.60. The molecule has 18 heavy (non-hydrogen) atoms. The maximum absolute atomic E-state index is 5.89. The highest BCUT2D eigenvalue weighted by molar-refractivity contribution is 5.43. The van der Waals surface area contributed by atoms with Crippen molar-refractivity contribution < 1.29 is 4.74 Å². The van der Waals surface area contributed by atoms with Gasteiger partial charge in [0.2, 0.25) is 0 Å². The van der Waals surface area contributed by atoms with Crippen LogP contribution < -0.4 is 20.5 Å². The number of ether oxygens (including phenoxy) is 1. The highest BCUT2D eigenvalue weighted by atomic mass is 16.5. The minimum absolute atomic E-state index is 0.553. The summed E-state index contributed by atoms with van der Waals surface area (Å²) >= 11 is 0. The van der Waals surface area contributed by atoms with Crippen LogP contribution in [0.3, 0.4) is 0 Å². The lowest BCUT2D eigenvalue weighted by Gasteiger charge is -2.11. The summed E-state index contributed by atoms with van der Waals surface area (Å²) < 4.78 is 5.89. The molecule has 1 aliphatic carbocycles. The average Bonchev–Trinajstić information content (AvgIpc) is 2.38. The van der Waals surface area contributed by atoms with Crippen molar-refractivity contribution in [3.8, 4) is 5.75 Å². The maximum atomic E-state index is 5.89. The lowest BCUT2D eigenvalue weighted by Crippen LogP contribution is -2.29. The molecule has 1 aliphatic rings. The van der Waals surface area contributed by atoms with Gasteiger partial charge < -0.3 is 10.1 Å². The predicted molar refractivity (Wildman–Crippen MR) is 77.1 cm³/mol. The van der Waals surface area contributed by atoms with Crippen LogP contribution in [-0.2, 0) is 0 Å². The molecule has 0 aromatic heterocycles. The van der Waals surface area contributed by atoms with Gasteiger partial charge in [-0.15, -0.1) is 0 Å². The van der Waals surface area contributed by atoms with E-state index >= 15 is 0 Å². The second-order valence-corrected chi connectivity index (χ2v) is 5.06. The zero-order valence-corrected chi connectivity index (χ0v) is 11.4. The molecule has 0 fully saturated rings. The smallest absolute Gasteiger partial charge is 0.126 e. The van der Waals surface area contributed by atoms with Crippen molar-refractivity contribution in [2.24, 2.45) is 0 Å². The predicted octanol–water partition coefficient (Wildman–Crippen LogP) is 1.81. The van der Waals surface area contributed by atoms with Gasteiger partial charge in [-0.05, 0) is 37.1 Å². The molecule has 98 valence electrons. The van der Waals surface area contributed by atoms with Crippen LogP contribution in [0.1, 0.15) is 33.1 Å². The van der Waals surface area contributed by atoms with Crippen LogP contribution in [0.2, 0.25) is 0 Å². The normalized spacial score (nSPS) is 13.7. The summed E-state index contributed by atoms with van der Waals surface area (Å²) in [6.45, 7) is 6.13. The topological polar surface area (TPSA) is 21.3 Å². The third-order valence-corrected chi connectivity index (χ3v) is 3.11. The Morgan fingerprint density at radius 2 is 2.06 bits per heavy atom. The number of nitrogens with one attached hydrogen (secondary N) is 1. The molecule has 0 spiro atoms. The summed E-state index contributed by atoms with van der Waals surface area (Å²) in [5, 5.41) is 6.00. The monoisotopic (exact) mass is 245 g/mol. The molecule has 1 aromatic carbocycles.